The molecule has 0 saturated heterocycles. The number of aryl methyl sites for hydroxylation is 3. The molecule has 0 atom stereocenters. The van der Waals surface area contributed by atoms with Gasteiger partial charge >= 0.3 is 6.18 Å². The summed E-state index contributed by atoms with van der Waals surface area (Å²) < 4.78 is 43.9. The molecule has 0 saturated carbocycles. The number of ether oxygens (including phenoxy) is 1. The lowest BCUT2D eigenvalue weighted by molar-refractivity contribution is -0.138. The van der Waals surface area contributed by atoms with Gasteiger partial charge in [0.25, 0.3) is 0 Å². The van der Waals surface area contributed by atoms with Crippen LogP contribution in [0.2, 0.25) is 0 Å². The van der Waals surface area contributed by atoms with Crippen LogP contribution in [-0.2, 0) is 19.0 Å². The molecule has 0 amide bonds. The first-order chi connectivity index (χ1) is 10.4. The Balaban J connectivity index is 2.14. The van der Waals surface area contributed by atoms with E-state index < -0.39 is 11.7 Å². The summed E-state index contributed by atoms with van der Waals surface area (Å²) in [5.74, 6) is -0.0867. The van der Waals surface area contributed by atoms with Gasteiger partial charge < -0.3 is 4.74 Å². The Morgan fingerprint density at radius 2 is 1.50 bits per heavy atom. The van der Waals surface area contributed by atoms with Gasteiger partial charge in [0.15, 0.2) is 0 Å². The van der Waals surface area contributed by atoms with E-state index in [9.17, 15) is 13.2 Å². The van der Waals surface area contributed by atoms with E-state index in [2.05, 4.69) is 0 Å². The van der Waals surface area contributed by atoms with Crippen molar-refractivity contribution in [2.45, 2.75) is 32.9 Å². The molecule has 0 bridgehead atoms. The molecule has 22 heavy (non-hydrogen) atoms. The van der Waals surface area contributed by atoms with Gasteiger partial charge in [-0.1, -0.05) is 35.9 Å². The van der Waals surface area contributed by atoms with Crippen molar-refractivity contribution in [3.05, 3.63) is 64.7 Å². The van der Waals surface area contributed by atoms with Gasteiger partial charge in [0.1, 0.15) is 5.75 Å². The third-order valence-electron chi connectivity index (χ3n) is 3.47. The highest BCUT2D eigenvalue weighted by Crippen LogP contribution is 2.36. The number of hydrogen-bond donors (Lipinski definition) is 0. The molecule has 0 fully saturated rings. The zero-order chi connectivity index (χ0) is 16.2. The molecule has 2 aromatic carbocycles. The van der Waals surface area contributed by atoms with E-state index in [1.807, 2.05) is 31.2 Å². The molecule has 0 aliphatic heterocycles. The number of rotatable bonds is 5. The summed E-state index contributed by atoms with van der Waals surface area (Å²) in [4.78, 5) is 0. The summed E-state index contributed by atoms with van der Waals surface area (Å²) in [6.45, 7) is 3.91. The number of hydrogen-bond acceptors (Lipinski definition) is 1. The van der Waals surface area contributed by atoms with E-state index in [1.165, 1.54) is 23.3 Å². The van der Waals surface area contributed by atoms with Crippen LogP contribution >= 0.6 is 0 Å². The Morgan fingerprint density at radius 3 is 2.09 bits per heavy atom. The van der Waals surface area contributed by atoms with Crippen LogP contribution in [0.15, 0.2) is 42.5 Å². The Bertz CT molecular complexity index is 615. The second-order valence-corrected chi connectivity index (χ2v) is 5.25. The molecule has 0 aliphatic rings. The van der Waals surface area contributed by atoms with Gasteiger partial charge in [-0.25, -0.2) is 0 Å². The van der Waals surface area contributed by atoms with Crippen molar-refractivity contribution in [1.82, 2.24) is 0 Å². The van der Waals surface area contributed by atoms with Crippen LogP contribution < -0.4 is 4.74 Å². The number of benzene rings is 2. The highest BCUT2D eigenvalue weighted by Gasteiger charge is 2.34. The zero-order valence-electron chi connectivity index (χ0n) is 12.7. The average molecular weight is 308 g/mol. The second-order valence-electron chi connectivity index (χ2n) is 5.25. The smallest absolute Gasteiger partial charge is 0.419 e. The second kappa shape index (κ2) is 6.86. The van der Waals surface area contributed by atoms with E-state index in [0.29, 0.717) is 6.42 Å². The Morgan fingerprint density at radius 1 is 0.909 bits per heavy atom. The normalized spacial score (nSPS) is 11.5. The maximum Gasteiger partial charge on any atom is 0.419 e. The van der Waals surface area contributed by atoms with E-state index in [0.717, 1.165) is 18.1 Å². The van der Waals surface area contributed by atoms with Crippen LogP contribution in [0.4, 0.5) is 13.2 Å². The lowest BCUT2D eigenvalue weighted by atomic mass is 10.0. The van der Waals surface area contributed by atoms with Crippen molar-refractivity contribution in [2.75, 3.05) is 6.61 Å². The highest BCUT2D eigenvalue weighted by atomic mass is 19.4. The Kier molecular flexibility index (Phi) is 5.11. The molecular weight excluding hydrogens is 289 g/mol. The third kappa shape index (κ3) is 4.26. The molecule has 0 unspecified atom stereocenters. The molecule has 2 aromatic rings. The van der Waals surface area contributed by atoms with Crippen molar-refractivity contribution < 1.29 is 17.9 Å². The van der Waals surface area contributed by atoms with Gasteiger partial charge in [-0.15, -0.1) is 0 Å². The molecule has 0 heterocycles. The molecule has 0 aliphatic carbocycles. The standard InChI is InChI=1S/C18H19F3O/c1-3-22-17-12-15(10-11-16(17)18(19,20)21)9-8-14-6-4-13(2)5-7-14/h4-7,10-12H,3,8-9H2,1-2H3. The van der Waals surface area contributed by atoms with Crippen molar-refractivity contribution in [3.63, 3.8) is 0 Å². The van der Waals surface area contributed by atoms with Crippen molar-refractivity contribution >= 4 is 0 Å². The summed E-state index contributed by atoms with van der Waals surface area (Å²) >= 11 is 0. The van der Waals surface area contributed by atoms with E-state index in [1.54, 1.807) is 6.92 Å². The topological polar surface area (TPSA) is 9.23 Å². The minimum atomic E-state index is -4.39. The average Bonchev–Trinajstić information content (AvgIpc) is 2.46. The lowest BCUT2D eigenvalue weighted by Gasteiger charge is -2.14. The van der Waals surface area contributed by atoms with Crippen LogP contribution in [0.25, 0.3) is 0 Å². The maximum atomic E-state index is 12.9. The monoisotopic (exact) mass is 308 g/mol. The van der Waals surface area contributed by atoms with Crippen LogP contribution in [0.5, 0.6) is 5.75 Å². The van der Waals surface area contributed by atoms with Crippen LogP contribution in [0, 0.1) is 6.92 Å². The van der Waals surface area contributed by atoms with Gasteiger partial charge in [0.05, 0.1) is 12.2 Å². The largest absolute Gasteiger partial charge is 0.493 e. The molecule has 0 radical (unpaired) electrons. The fourth-order valence-electron chi connectivity index (χ4n) is 2.27. The van der Waals surface area contributed by atoms with E-state index >= 15 is 0 Å². The minimum absolute atomic E-state index is 0.0867. The molecule has 0 aromatic heterocycles. The van der Waals surface area contributed by atoms with Crippen LogP contribution in [0.1, 0.15) is 29.2 Å². The van der Waals surface area contributed by atoms with Gasteiger partial charge in [0, 0.05) is 0 Å². The summed E-state index contributed by atoms with van der Waals surface area (Å²) in [5, 5.41) is 0. The van der Waals surface area contributed by atoms with Crippen molar-refractivity contribution in [2.24, 2.45) is 0 Å². The Hall–Kier alpha value is -1.97. The number of alkyl halides is 3. The first-order valence-electron chi connectivity index (χ1n) is 7.28. The predicted molar refractivity (Wildman–Crippen MR) is 81.2 cm³/mol. The molecule has 118 valence electrons. The minimum Gasteiger partial charge on any atom is -0.493 e. The fourth-order valence-corrected chi connectivity index (χ4v) is 2.27. The molecule has 1 nitrogen and oxygen atoms in total. The first-order valence-corrected chi connectivity index (χ1v) is 7.28. The highest BCUT2D eigenvalue weighted by molar-refractivity contribution is 5.40. The summed E-state index contributed by atoms with van der Waals surface area (Å²) in [7, 11) is 0. The van der Waals surface area contributed by atoms with Crippen LogP contribution in [0.3, 0.4) is 0 Å². The Labute approximate surface area is 128 Å². The van der Waals surface area contributed by atoms with Gasteiger partial charge in [0.2, 0.25) is 0 Å². The van der Waals surface area contributed by atoms with Crippen molar-refractivity contribution in [1.29, 1.82) is 0 Å². The maximum absolute atomic E-state index is 12.9. The third-order valence-corrected chi connectivity index (χ3v) is 3.47. The van der Waals surface area contributed by atoms with Gasteiger partial charge in [-0.05, 0) is 49.9 Å². The molecule has 4 heteroatoms. The van der Waals surface area contributed by atoms with E-state index in [4.69, 9.17) is 4.74 Å². The summed E-state index contributed by atoms with van der Waals surface area (Å²) in [6.07, 6.45) is -2.92. The van der Waals surface area contributed by atoms with Crippen molar-refractivity contribution in [3.8, 4) is 5.75 Å². The van der Waals surface area contributed by atoms with E-state index in [-0.39, 0.29) is 12.4 Å². The fraction of sp³-hybridized carbons (Fsp3) is 0.333. The number of halogens is 3. The molecular formula is C18H19F3O. The quantitative estimate of drug-likeness (QED) is 0.738. The lowest BCUT2D eigenvalue weighted by Crippen LogP contribution is -2.09. The van der Waals surface area contributed by atoms with Gasteiger partial charge in [-0.3, -0.25) is 0 Å². The predicted octanol–water partition coefficient (Wildman–Crippen LogP) is 5.20. The van der Waals surface area contributed by atoms with Crippen LogP contribution in [-0.4, -0.2) is 6.61 Å². The zero-order valence-corrected chi connectivity index (χ0v) is 12.7. The summed E-state index contributed by atoms with van der Waals surface area (Å²) in [5.41, 5.74) is 2.49. The van der Waals surface area contributed by atoms with Gasteiger partial charge in [-0.2, -0.15) is 13.2 Å². The molecule has 0 N–H and O–H groups in total. The molecule has 0 spiro atoms. The summed E-state index contributed by atoms with van der Waals surface area (Å²) in [6, 6.07) is 12.3. The molecule has 2 rings (SSSR count). The SMILES string of the molecule is CCOc1cc(CCc2ccc(C)cc2)ccc1C(F)(F)F. The first kappa shape index (κ1) is 16.4.